The lowest BCUT2D eigenvalue weighted by Crippen LogP contribution is -2.24. The number of carbonyl (C=O) groups excluding carboxylic acids is 1. The van der Waals surface area contributed by atoms with Crippen LogP contribution < -0.4 is 20.1 Å². The number of ether oxygens (including phenoxy) is 2. The molecule has 0 fully saturated rings. The highest BCUT2D eigenvalue weighted by atomic mass is 16.5. The fourth-order valence-electron chi connectivity index (χ4n) is 2.37. The van der Waals surface area contributed by atoms with Crippen molar-refractivity contribution in [1.82, 2.24) is 20.4 Å². The topological polar surface area (TPSA) is 111 Å². The number of amides is 1. The van der Waals surface area contributed by atoms with E-state index in [1.165, 1.54) is 12.4 Å². The molecule has 0 unspecified atom stereocenters. The molecule has 2 heterocycles. The number of nitrogens with one attached hydrogen (secondary N) is 2. The molecule has 0 saturated carbocycles. The van der Waals surface area contributed by atoms with E-state index in [1.54, 1.807) is 39.3 Å². The summed E-state index contributed by atoms with van der Waals surface area (Å²) in [5.74, 6) is 2.51. The van der Waals surface area contributed by atoms with Crippen molar-refractivity contribution in [3.63, 3.8) is 0 Å². The Labute approximate surface area is 155 Å². The molecule has 0 aliphatic carbocycles. The number of methoxy groups -OCH3 is 2. The van der Waals surface area contributed by atoms with Crippen molar-refractivity contribution in [1.29, 1.82) is 0 Å². The maximum atomic E-state index is 12.4. The highest BCUT2D eigenvalue weighted by molar-refractivity contribution is 5.92. The van der Waals surface area contributed by atoms with E-state index in [4.69, 9.17) is 14.0 Å². The molecule has 9 nitrogen and oxygen atoms in total. The quantitative estimate of drug-likeness (QED) is 0.653. The number of hydrogen-bond acceptors (Lipinski definition) is 8. The second kappa shape index (κ2) is 8.17. The number of nitrogens with zero attached hydrogens (tertiary/aromatic N) is 3. The SMILES string of the molecule is COc1ccc(CNC(=O)c2cc(Nc3cc(C)on3)ncn2)cc1OC. The van der Waals surface area contributed by atoms with Gasteiger partial charge >= 0.3 is 0 Å². The first-order valence-corrected chi connectivity index (χ1v) is 8.10. The van der Waals surface area contributed by atoms with E-state index >= 15 is 0 Å². The van der Waals surface area contributed by atoms with Gasteiger partial charge in [-0.3, -0.25) is 4.79 Å². The van der Waals surface area contributed by atoms with Gasteiger partial charge in [0, 0.05) is 18.7 Å². The van der Waals surface area contributed by atoms with E-state index in [2.05, 4.69) is 25.8 Å². The Morgan fingerprint density at radius 1 is 1.07 bits per heavy atom. The van der Waals surface area contributed by atoms with Crippen molar-refractivity contribution in [3.05, 3.63) is 53.7 Å². The van der Waals surface area contributed by atoms with Crippen LogP contribution in [-0.4, -0.2) is 35.3 Å². The zero-order valence-electron chi connectivity index (χ0n) is 15.1. The van der Waals surface area contributed by atoms with Crippen LogP contribution in [-0.2, 0) is 6.54 Å². The number of rotatable bonds is 7. The van der Waals surface area contributed by atoms with E-state index in [0.29, 0.717) is 35.4 Å². The summed E-state index contributed by atoms with van der Waals surface area (Å²) in [6.07, 6.45) is 1.31. The van der Waals surface area contributed by atoms with Gasteiger partial charge in [-0.25, -0.2) is 9.97 Å². The number of hydrogen-bond donors (Lipinski definition) is 2. The van der Waals surface area contributed by atoms with Crippen molar-refractivity contribution in [2.45, 2.75) is 13.5 Å². The summed E-state index contributed by atoms with van der Waals surface area (Å²) in [7, 11) is 3.13. The molecular formula is C18H19N5O4. The number of carbonyl (C=O) groups is 1. The average Bonchev–Trinajstić information content (AvgIpc) is 3.10. The van der Waals surface area contributed by atoms with Crippen LogP contribution in [0.15, 0.2) is 41.2 Å². The second-order valence-corrected chi connectivity index (χ2v) is 5.61. The minimum atomic E-state index is -0.327. The fraction of sp³-hybridized carbons (Fsp3) is 0.222. The minimum absolute atomic E-state index is 0.230. The Kier molecular flexibility index (Phi) is 5.50. The van der Waals surface area contributed by atoms with Gasteiger partial charge in [0.1, 0.15) is 23.6 Å². The zero-order valence-corrected chi connectivity index (χ0v) is 15.1. The van der Waals surface area contributed by atoms with Gasteiger partial charge in [0.25, 0.3) is 5.91 Å². The van der Waals surface area contributed by atoms with E-state index in [9.17, 15) is 4.79 Å². The van der Waals surface area contributed by atoms with Gasteiger partial charge < -0.3 is 24.6 Å². The molecule has 3 aromatic rings. The molecule has 0 spiro atoms. The smallest absolute Gasteiger partial charge is 0.270 e. The van der Waals surface area contributed by atoms with Crippen LogP contribution in [0.4, 0.5) is 11.6 Å². The molecule has 2 aromatic heterocycles. The first-order valence-electron chi connectivity index (χ1n) is 8.10. The largest absolute Gasteiger partial charge is 0.493 e. The van der Waals surface area contributed by atoms with Crippen molar-refractivity contribution in [3.8, 4) is 11.5 Å². The maximum absolute atomic E-state index is 12.4. The molecule has 0 aliphatic heterocycles. The van der Waals surface area contributed by atoms with E-state index in [0.717, 1.165) is 5.56 Å². The Morgan fingerprint density at radius 3 is 2.59 bits per heavy atom. The standard InChI is InChI=1S/C18H19N5O4/c1-11-6-17(23-27-11)22-16-8-13(20-10-21-16)18(24)19-9-12-4-5-14(25-2)15(7-12)26-3/h4-8,10H,9H2,1-3H3,(H,19,24)(H,20,21,22,23). The third-order valence-corrected chi connectivity index (χ3v) is 3.68. The van der Waals surface area contributed by atoms with Crippen LogP contribution in [0.3, 0.4) is 0 Å². The summed E-state index contributed by atoms with van der Waals surface area (Å²) in [6.45, 7) is 2.10. The fourth-order valence-corrected chi connectivity index (χ4v) is 2.37. The van der Waals surface area contributed by atoms with Crippen molar-refractivity contribution in [2.75, 3.05) is 19.5 Å². The highest BCUT2D eigenvalue weighted by Crippen LogP contribution is 2.27. The minimum Gasteiger partial charge on any atom is -0.493 e. The first kappa shape index (κ1) is 18.2. The lowest BCUT2D eigenvalue weighted by atomic mass is 10.2. The van der Waals surface area contributed by atoms with Gasteiger partial charge in [-0.1, -0.05) is 11.2 Å². The Morgan fingerprint density at radius 2 is 1.89 bits per heavy atom. The summed E-state index contributed by atoms with van der Waals surface area (Å²) in [5.41, 5.74) is 1.10. The average molecular weight is 369 g/mol. The molecule has 1 amide bonds. The third-order valence-electron chi connectivity index (χ3n) is 3.68. The van der Waals surface area contributed by atoms with Crippen LogP contribution in [0.5, 0.6) is 11.5 Å². The van der Waals surface area contributed by atoms with Crippen LogP contribution in [0.25, 0.3) is 0 Å². The van der Waals surface area contributed by atoms with Crippen LogP contribution >= 0.6 is 0 Å². The molecule has 27 heavy (non-hydrogen) atoms. The summed E-state index contributed by atoms with van der Waals surface area (Å²) in [4.78, 5) is 20.5. The number of aryl methyl sites for hydroxylation is 1. The van der Waals surface area contributed by atoms with E-state index < -0.39 is 0 Å². The molecule has 3 rings (SSSR count). The monoisotopic (exact) mass is 369 g/mol. The predicted molar refractivity (Wildman–Crippen MR) is 97.3 cm³/mol. The number of anilines is 2. The summed E-state index contributed by atoms with van der Waals surface area (Å²) >= 11 is 0. The molecule has 0 aliphatic rings. The molecule has 0 atom stereocenters. The number of aromatic nitrogens is 3. The third kappa shape index (κ3) is 4.51. The lowest BCUT2D eigenvalue weighted by molar-refractivity contribution is 0.0945. The molecule has 0 radical (unpaired) electrons. The molecule has 0 saturated heterocycles. The summed E-state index contributed by atoms with van der Waals surface area (Å²) in [6, 6.07) is 8.69. The van der Waals surface area contributed by atoms with E-state index in [-0.39, 0.29) is 11.6 Å². The molecule has 140 valence electrons. The van der Waals surface area contributed by atoms with E-state index in [1.807, 2.05) is 6.07 Å². The van der Waals surface area contributed by atoms with Crippen LogP contribution in [0.1, 0.15) is 21.8 Å². The lowest BCUT2D eigenvalue weighted by Gasteiger charge is -2.10. The Bertz CT molecular complexity index is 941. The van der Waals surface area contributed by atoms with Crippen LogP contribution in [0.2, 0.25) is 0 Å². The van der Waals surface area contributed by atoms with Gasteiger partial charge in [0.2, 0.25) is 0 Å². The Hall–Kier alpha value is -3.62. The van der Waals surface area contributed by atoms with Crippen molar-refractivity contribution < 1.29 is 18.8 Å². The molecule has 1 aromatic carbocycles. The molecule has 2 N–H and O–H groups in total. The first-order chi connectivity index (χ1) is 13.1. The maximum Gasteiger partial charge on any atom is 0.270 e. The van der Waals surface area contributed by atoms with Crippen LogP contribution in [0, 0.1) is 6.92 Å². The van der Waals surface area contributed by atoms with Crippen molar-refractivity contribution >= 4 is 17.5 Å². The molecular weight excluding hydrogens is 350 g/mol. The predicted octanol–water partition coefficient (Wildman–Crippen LogP) is 2.46. The van der Waals surface area contributed by atoms with Gasteiger partial charge in [0.05, 0.1) is 14.2 Å². The zero-order chi connectivity index (χ0) is 19.2. The molecule has 0 bridgehead atoms. The number of benzene rings is 1. The highest BCUT2D eigenvalue weighted by Gasteiger charge is 2.11. The van der Waals surface area contributed by atoms with Gasteiger partial charge in [-0.05, 0) is 24.6 Å². The normalized spacial score (nSPS) is 10.3. The second-order valence-electron chi connectivity index (χ2n) is 5.61. The van der Waals surface area contributed by atoms with Gasteiger partial charge in [-0.2, -0.15) is 0 Å². The summed E-state index contributed by atoms with van der Waals surface area (Å²) in [5, 5.41) is 9.59. The van der Waals surface area contributed by atoms with Gasteiger partial charge in [0.15, 0.2) is 17.3 Å². The molecule has 9 heteroatoms. The van der Waals surface area contributed by atoms with Crippen molar-refractivity contribution in [2.24, 2.45) is 0 Å². The Balaban J connectivity index is 1.65. The van der Waals surface area contributed by atoms with Gasteiger partial charge in [-0.15, -0.1) is 0 Å². The summed E-state index contributed by atoms with van der Waals surface area (Å²) < 4.78 is 15.4.